The van der Waals surface area contributed by atoms with Crippen molar-refractivity contribution in [3.63, 3.8) is 0 Å². The van der Waals surface area contributed by atoms with Gasteiger partial charge in [-0.2, -0.15) is 0 Å². The van der Waals surface area contributed by atoms with E-state index in [-0.39, 0.29) is 5.91 Å². The Morgan fingerprint density at radius 1 is 1.21 bits per heavy atom. The van der Waals surface area contributed by atoms with Crippen LogP contribution in [0.2, 0.25) is 0 Å². The Kier molecular flexibility index (Phi) is 6.21. The van der Waals surface area contributed by atoms with E-state index in [1.807, 2.05) is 21.0 Å². The maximum absolute atomic E-state index is 12.1. The second kappa shape index (κ2) is 7.68. The van der Waals surface area contributed by atoms with Crippen LogP contribution in [0.25, 0.3) is 0 Å². The summed E-state index contributed by atoms with van der Waals surface area (Å²) >= 11 is 0. The van der Waals surface area contributed by atoms with Crippen molar-refractivity contribution in [3.05, 3.63) is 18.1 Å². The second-order valence-corrected chi connectivity index (χ2v) is 4.70. The molecule has 1 N–H and O–H groups in total. The molecule has 0 saturated heterocycles. The van der Waals surface area contributed by atoms with Gasteiger partial charge in [-0.1, -0.05) is 0 Å². The highest BCUT2D eigenvalue weighted by Crippen LogP contribution is 2.03. The van der Waals surface area contributed by atoms with Gasteiger partial charge in [0.25, 0.3) is 5.91 Å². The zero-order valence-electron chi connectivity index (χ0n) is 12.2. The lowest BCUT2D eigenvalue weighted by atomic mass is 10.3. The Morgan fingerprint density at radius 3 is 2.47 bits per heavy atom. The molecule has 19 heavy (non-hydrogen) atoms. The fourth-order valence-corrected chi connectivity index (χ4v) is 1.63. The molecule has 0 unspecified atom stereocenters. The smallest absolute Gasteiger partial charge is 0.273 e. The fraction of sp³-hybridized carbons (Fsp3) is 0.615. The molecule has 0 aliphatic rings. The van der Waals surface area contributed by atoms with E-state index in [4.69, 9.17) is 0 Å². The van der Waals surface area contributed by atoms with Gasteiger partial charge in [0.1, 0.15) is 11.5 Å². The van der Waals surface area contributed by atoms with E-state index >= 15 is 0 Å². The summed E-state index contributed by atoms with van der Waals surface area (Å²) in [5, 5.41) is 3.05. The van der Waals surface area contributed by atoms with Crippen molar-refractivity contribution < 1.29 is 4.79 Å². The SMILES string of the molecule is CCNc1cnc(C(=O)N(C)CCCN(C)C)cn1. The minimum Gasteiger partial charge on any atom is -0.369 e. The van der Waals surface area contributed by atoms with Crippen molar-refractivity contribution in [3.8, 4) is 0 Å². The van der Waals surface area contributed by atoms with E-state index in [0.29, 0.717) is 18.1 Å². The first-order chi connectivity index (χ1) is 9.04. The monoisotopic (exact) mass is 265 g/mol. The van der Waals surface area contributed by atoms with Crippen molar-refractivity contribution in [1.82, 2.24) is 19.8 Å². The third kappa shape index (κ3) is 5.21. The number of rotatable bonds is 7. The Hall–Kier alpha value is -1.69. The van der Waals surface area contributed by atoms with Gasteiger partial charge in [0.2, 0.25) is 0 Å². The van der Waals surface area contributed by atoms with Gasteiger partial charge in [-0.15, -0.1) is 0 Å². The summed E-state index contributed by atoms with van der Waals surface area (Å²) in [5.41, 5.74) is 0.383. The minimum absolute atomic E-state index is 0.0886. The largest absolute Gasteiger partial charge is 0.369 e. The first kappa shape index (κ1) is 15.4. The first-order valence-corrected chi connectivity index (χ1v) is 6.50. The lowest BCUT2D eigenvalue weighted by molar-refractivity contribution is 0.0784. The van der Waals surface area contributed by atoms with Crippen LogP contribution >= 0.6 is 0 Å². The van der Waals surface area contributed by atoms with Gasteiger partial charge in [0.15, 0.2) is 0 Å². The van der Waals surface area contributed by atoms with Gasteiger partial charge < -0.3 is 15.1 Å². The quantitative estimate of drug-likeness (QED) is 0.795. The van der Waals surface area contributed by atoms with E-state index in [0.717, 1.165) is 19.5 Å². The van der Waals surface area contributed by atoms with Crippen molar-refractivity contribution in [2.45, 2.75) is 13.3 Å². The van der Waals surface area contributed by atoms with Crippen LogP contribution in [-0.4, -0.2) is 66.5 Å². The number of anilines is 1. The van der Waals surface area contributed by atoms with Gasteiger partial charge in [-0.25, -0.2) is 9.97 Å². The Labute approximate surface area is 114 Å². The average Bonchev–Trinajstić information content (AvgIpc) is 2.38. The highest BCUT2D eigenvalue weighted by Gasteiger charge is 2.13. The molecule has 1 amide bonds. The van der Waals surface area contributed by atoms with Crippen molar-refractivity contribution in [2.24, 2.45) is 0 Å². The second-order valence-electron chi connectivity index (χ2n) is 4.70. The van der Waals surface area contributed by atoms with Crippen LogP contribution in [0, 0.1) is 0 Å². The molecule has 1 aromatic rings. The molecule has 0 spiro atoms. The van der Waals surface area contributed by atoms with Gasteiger partial charge in [-0.3, -0.25) is 4.79 Å². The molecule has 0 aromatic carbocycles. The third-order valence-corrected chi connectivity index (χ3v) is 2.67. The summed E-state index contributed by atoms with van der Waals surface area (Å²) in [6, 6.07) is 0. The molecule has 6 heteroatoms. The van der Waals surface area contributed by atoms with E-state index in [2.05, 4.69) is 20.2 Å². The summed E-state index contributed by atoms with van der Waals surface area (Å²) in [5.74, 6) is 0.601. The molecule has 0 saturated carbocycles. The summed E-state index contributed by atoms with van der Waals surface area (Å²) in [7, 11) is 5.83. The van der Waals surface area contributed by atoms with E-state index in [1.54, 1.807) is 18.1 Å². The molecule has 0 radical (unpaired) electrons. The predicted octanol–water partition coefficient (Wildman–Crippen LogP) is 0.932. The molecular formula is C13H23N5O. The van der Waals surface area contributed by atoms with Gasteiger partial charge in [0, 0.05) is 20.1 Å². The number of nitrogens with zero attached hydrogens (tertiary/aromatic N) is 4. The number of carbonyl (C=O) groups excluding carboxylic acids is 1. The highest BCUT2D eigenvalue weighted by atomic mass is 16.2. The lowest BCUT2D eigenvalue weighted by Gasteiger charge is -2.18. The van der Waals surface area contributed by atoms with Crippen LogP contribution < -0.4 is 5.32 Å². The van der Waals surface area contributed by atoms with Crippen molar-refractivity contribution in [2.75, 3.05) is 46.1 Å². The molecule has 1 aromatic heterocycles. The van der Waals surface area contributed by atoms with E-state index in [1.165, 1.54) is 6.20 Å². The molecule has 0 aliphatic heterocycles. The number of amides is 1. The summed E-state index contributed by atoms with van der Waals surface area (Å²) in [6.07, 6.45) is 4.05. The van der Waals surface area contributed by atoms with Crippen LogP contribution in [0.15, 0.2) is 12.4 Å². The molecule has 1 rings (SSSR count). The first-order valence-electron chi connectivity index (χ1n) is 6.50. The van der Waals surface area contributed by atoms with Gasteiger partial charge >= 0.3 is 0 Å². The highest BCUT2D eigenvalue weighted by molar-refractivity contribution is 5.91. The summed E-state index contributed by atoms with van der Waals surface area (Å²) < 4.78 is 0. The van der Waals surface area contributed by atoms with E-state index < -0.39 is 0 Å². The molecular weight excluding hydrogens is 242 g/mol. The van der Waals surface area contributed by atoms with Crippen LogP contribution in [0.4, 0.5) is 5.82 Å². The Bertz CT molecular complexity index is 391. The fourth-order valence-electron chi connectivity index (χ4n) is 1.63. The zero-order chi connectivity index (χ0) is 14.3. The maximum atomic E-state index is 12.1. The zero-order valence-corrected chi connectivity index (χ0v) is 12.2. The van der Waals surface area contributed by atoms with Gasteiger partial charge in [-0.05, 0) is 34.0 Å². The number of carbonyl (C=O) groups is 1. The third-order valence-electron chi connectivity index (χ3n) is 2.67. The summed E-state index contributed by atoms with van der Waals surface area (Å²) in [6.45, 7) is 4.45. The molecule has 0 bridgehead atoms. The molecule has 6 nitrogen and oxygen atoms in total. The van der Waals surface area contributed by atoms with Crippen molar-refractivity contribution >= 4 is 11.7 Å². The van der Waals surface area contributed by atoms with Crippen LogP contribution in [0.3, 0.4) is 0 Å². The summed E-state index contributed by atoms with van der Waals surface area (Å²) in [4.78, 5) is 24.1. The maximum Gasteiger partial charge on any atom is 0.273 e. The molecule has 106 valence electrons. The molecule has 0 fully saturated rings. The Morgan fingerprint density at radius 2 is 1.95 bits per heavy atom. The van der Waals surface area contributed by atoms with Crippen molar-refractivity contribution in [1.29, 1.82) is 0 Å². The van der Waals surface area contributed by atoms with E-state index in [9.17, 15) is 4.79 Å². The molecule has 1 heterocycles. The molecule has 0 atom stereocenters. The number of aromatic nitrogens is 2. The standard InChI is InChI=1S/C13H23N5O/c1-5-14-12-10-15-11(9-16-12)13(19)18(4)8-6-7-17(2)3/h9-10H,5-8H2,1-4H3,(H,14,16). The minimum atomic E-state index is -0.0886. The number of hydrogen-bond acceptors (Lipinski definition) is 5. The molecule has 0 aliphatic carbocycles. The van der Waals surface area contributed by atoms with Crippen LogP contribution in [0.1, 0.15) is 23.8 Å². The topological polar surface area (TPSA) is 61.4 Å². The Balaban J connectivity index is 2.51. The normalized spacial score (nSPS) is 10.6. The van der Waals surface area contributed by atoms with Gasteiger partial charge in [0.05, 0.1) is 12.4 Å². The van der Waals surface area contributed by atoms with Crippen LogP contribution in [-0.2, 0) is 0 Å². The number of hydrogen-bond donors (Lipinski definition) is 1. The average molecular weight is 265 g/mol. The van der Waals surface area contributed by atoms with Crippen LogP contribution in [0.5, 0.6) is 0 Å². The number of nitrogens with one attached hydrogen (secondary N) is 1. The lowest BCUT2D eigenvalue weighted by Crippen LogP contribution is -2.30. The predicted molar refractivity (Wildman–Crippen MR) is 76.3 cm³/mol.